The van der Waals surface area contributed by atoms with Crippen LogP contribution in [0.3, 0.4) is 0 Å². The average Bonchev–Trinajstić information content (AvgIpc) is 4.27. The van der Waals surface area contributed by atoms with Crippen molar-refractivity contribution in [2.24, 2.45) is 40.9 Å². The number of likely N-dealkylation sites (N-methyl/N-ethyl adjacent to an activating group) is 2. The highest BCUT2D eigenvalue weighted by atomic mass is 19.1. The monoisotopic (exact) mass is 1070 g/mol. The minimum absolute atomic E-state index is 0.0266. The third kappa shape index (κ3) is 12.8. The van der Waals surface area contributed by atoms with Gasteiger partial charge in [-0.25, -0.2) is 9.18 Å². The number of allylic oxidation sites excluding steroid dienone is 4. The van der Waals surface area contributed by atoms with Gasteiger partial charge in [-0.15, -0.1) is 0 Å². The lowest BCUT2D eigenvalue weighted by Crippen LogP contribution is -2.60. The second-order valence-electron chi connectivity index (χ2n) is 24.7. The number of piperidine rings is 1. The Hall–Kier alpha value is -5.09. The van der Waals surface area contributed by atoms with E-state index in [9.17, 15) is 24.3 Å². The van der Waals surface area contributed by atoms with Crippen LogP contribution in [-0.2, 0) is 39.8 Å². The summed E-state index contributed by atoms with van der Waals surface area (Å²) in [6.45, 7) is 23.8. The number of carbonyl (C=O) groups is 4. The van der Waals surface area contributed by atoms with E-state index in [0.717, 1.165) is 18.4 Å². The van der Waals surface area contributed by atoms with E-state index in [0.29, 0.717) is 30.0 Å². The van der Waals surface area contributed by atoms with Crippen LogP contribution in [0, 0.1) is 46.7 Å². The maximum Gasteiger partial charge on any atom is 0.410 e. The van der Waals surface area contributed by atoms with Gasteiger partial charge in [0.25, 0.3) is 0 Å². The highest BCUT2D eigenvalue weighted by molar-refractivity contribution is 5.91. The number of fused-ring (bicyclic) bond motifs is 4. The van der Waals surface area contributed by atoms with Gasteiger partial charge in [-0.05, 0) is 98.8 Å². The fourth-order valence-corrected chi connectivity index (χ4v) is 13.1. The number of nitrogens with zero attached hydrogens (tertiary/aromatic N) is 3. The van der Waals surface area contributed by atoms with E-state index in [1.54, 1.807) is 51.4 Å². The fourth-order valence-electron chi connectivity index (χ4n) is 13.1. The van der Waals surface area contributed by atoms with Crippen molar-refractivity contribution in [1.29, 1.82) is 0 Å². The Morgan fingerprint density at radius 1 is 0.909 bits per heavy atom. The maximum absolute atomic E-state index is 15.0. The lowest BCUT2D eigenvalue weighted by molar-refractivity contribution is -0.162. The van der Waals surface area contributed by atoms with E-state index < -0.39 is 53.5 Å². The van der Waals surface area contributed by atoms with Gasteiger partial charge in [-0.3, -0.25) is 24.2 Å². The first-order chi connectivity index (χ1) is 36.4. The summed E-state index contributed by atoms with van der Waals surface area (Å²) in [5.74, 6) is -1.69. The third-order valence-corrected chi connectivity index (χ3v) is 17.7. The summed E-state index contributed by atoms with van der Waals surface area (Å²) in [6, 6.07) is 12.1. The van der Waals surface area contributed by atoms with Crippen LogP contribution >= 0.6 is 0 Å². The molecule has 1 saturated heterocycles. The van der Waals surface area contributed by atoms with Gasteiger partial charge in [-0.1, -0.05) is 128 Å². The molecule has 0 aromatic heterocycles. The van der Waals surface area contributed by atoms with Crippen LogP contribution < -0.4 is 10.6 Å². The van der Waals surface area contributed by atoms with Crippen molar-refractivity contribution in [2.75, 3.05) is 34.9 Å². The number of benzene rings is 2. The summed E-state index contributed by atoms with van der Waals surface area (Å²) in [5.41, 5.74) is 1.83. The van der Waals surface area contributed by atoms with Crippen molar-refractivity contribution in [1.82, 2.24) is 25.3 Å². The highest BCUT2D eigenvalue weighted by Gasteiger charge is 2.63. The standard InChI is InChI=1S/C62H90FN5O9/c1-16-37(6)55(66(12)58(71)53(35(2)3)65-57(70)54(36(4)5)67(13)60(73)76-34-46-44-26-20-18-24-42(44)43-25-19-21-27-45(43)46)50(74-14)31-52(69)68-48-29-41(48)30-49(68)56(75-15)38(7)39(8)64-51-33-62(51,59(72)77-61(9,10)11)32-40-23-17-22-28-47(40)63/h17-28,35-38,41-42,44,46,48-56,64,69H,8,16,29-34H2,1-7,9-15H3,(H,65,70)/t37?,38-,41?,42?,44?,46?,48?,49-,50?,51?,52?,53-,54?,55?,56?,62?/m0/s1. The summed E-state index contributed by atoms with van der Waals surface area (Å²) in [5, 5.41) is 19.0. The van der Waals surface area contributed by atoms with Crippen LogP contribution in [0.4, 0.5) is 9.18 Å². The van der Waals surface area contributed by atoms with Crippen LogP contribution in [0.25, 0.3) is 0 Å². The van der Waals surface area contributed by atoms with Gasteiger partial charge in [-0.2, -0.15) is 0 Å². The second-order valence-corrected chi connectivity index (χ2v) is 24.7. The summed E-state index contributed by atoms with van der Waals surface area (Å²) in [4.78, 5) is 62.2. The number of esters is 1. The molecule has 3 fully saturated rings. The second kappa shape index (κ2) is 24.5. The van der Waals surface area contributed by atoms with Gasteiger partial charge in [0.05, 0.1) is 23.7 Å². The van der Waals surface area contributed by atoms with Crippen molar-refractivity contribution in [3.05, 3.63) is 108 Å². The number of methoxy groups -OCH3 is 2. The number of rotatable bonds is 25. The van der Waals surface area contributed by atoms with Gasteiger partial charge in [0.1, 0.15) is 36.3 Å². The number of aliphatic hydroxyl groups excluding tert-OH is 1. The molecular weight excluding hydrogens is 978 g/mol. The number of ether oxygens (including phenoxy) is 4. The van der Waals surface area contributed by atoms with Crippen LogP contribution in [0.5, 0.6) is 0 Å². The molecule has 16 atom stereocenters. The Morgan fingerprint density at radius 2 is 1.57 bits per heavy atom. The largest absolute Gasteiger partial charge is 0.459 e. The van der Waals surface area contributed by atoms with Gasteiger partial charge in [0.2, 0.25) is 11.8 Å². The Morgan fingerprint density at radius 3 is 2.19 bits per heavy atom. The quantitative estimate of drug-likeness (QED) is 0.0815. The molecule has 77 heavy (non-hydrogen) atoms. The molecule has 15 heteroatoms. The van der Waals surface area contributed by atoms with E-state index in [2.05, 4.69) is 66.3 Å². The summed E-state index contributed by atoms with van der Waals surface area (Å²) < 4.78 is 39.5. The Labute approximate surface area is 458 Å². The van der Waals surface area contributed by atoms with E-state index in [1.165, 1.54) is 16.5 Å². The average molecular weight is 1070 g/mol. The molecule has 424 valence electrons. The molecule has 1 aliphatic heterocycles. The maximum atomic E-state index is 15.0. The predicted molar refractivity (Wildman–Crippen MR) is 297 cm³/mol. The summed E-state index contributed by atoms with van der Waals surface area (Å²) >= 11 is 0. The van der Waals surface area contributed by atoms with Crippen LogP contribution in [0.1, 0.15) is 130 Å². The zero-order chi connectivity index (χ0) is 56.4. The van der Waals surface area contributed by atoms with Crippen LogP contribution in [-0.4, -0.2) is 139 Å². The zero-order valence-electron chi connectivity index (χ0n) is 48.3. The molecule has 3 N–H and O–H groups in total. The smallest absolute Gasteiger partial charge is 0.410 e. The van der Waals surface area contributed by atoms with Crippen molar-refractivity contribution in [3.8, 4) is 0 Å². The van der Waals surface area contributed by atoms with Crippen molar-refractivity contribution in [2.45, 2.75) is 180 Å². The molecule has 0 spiro atoms. The summed E-state index contributed by atoms with van der Waals surface area (Å²) in [7, 11) is 6.61. The van der Waals surface area contributed by atoms with Gasteiger partial charge < -0.3 is 39.6 Å². The molecule has 2 aromatic carbocycles. The molecule has 4 aliphatic carbocycles. The van der Waals surface area contributed by atoms with Crippen LogP contribution in [0.15, 0.2) is 85.1 Å². The number of likely N-dealkylation sites (tertiary alicyclic amines) is 1. The number of nitrogens with one attached hydrogen (secondary N) is 2. The number of hydrogen-bond donors (Lipinski definition) is 3. The highest BCUT2D eigenvalue weighted by Crippen LogP contribution is 2.54. The predicted octanol–water partition coefficient (Wildman–Crippen LogP) is 9.14. The minimum Gasteiger partial charge on any atom is -0.459 e. The van der Waals surface area contributed by atoms with Crippen LogP contribution in [0.2, 0.25) is 0 Å². The van der Waals surface area contributed by atoms with E-state index in [-0.39, 0.29) is 103 Å². The Balaban J connectivity index is 1.01. The SMILES string of the molecule is C=C(NC1CC1(Cc1ccccc1F)C(=O)OC(C)(C)C)[C@H](C)C(OC)[C@@H]1CC2CC2N1C(O)CC(OC)C(C(C)CC)N(C)C(=O)[C@@H](NC(=O)C(C(C)C)N(C)C(=O)OCC1c2ccccc2C2C=CC=CC21)C(C)C. The molecular formula is C62H90FN5O9. The van der Waals surface area contributed by atoms with Crippen molar-refractivity contribution < 1.29 is 47.6 Å². The Bertz CT molecular complexity index is 2490. The first-order valence-electron chi connectivity index (χ1n) is 28.2. The molecule has 5 aliphatic rings. The molecule has 0 radical (unpaired) electrons. The molecule has 3 amide bonds. The molecule has 0 bridgehead atoms. The molecule has 1 heterocycles. The van der Waals surface area contributed by atoms with E-state index >= 15 is 4.39 Å². The molecule has 7 rings (SSSR count). The zero-order valence-corrected chi connectivity index (χ0v) is 48.3. The van der Waals surface area contributed by atoms with Crippen molar-refractivity contribution in [3.63, 3.8) is 0 Å². The number of halogens is 1. The first-order valence-corrected chi connectivity index (χ1v) is 28.2. The van der Waals surface area contributed by atoms with Gasteiger partial charge in [0.15, 0.2) is 0 Å². The van der Waals surface area contributed by atoms with Gasteiger partial charge in [0, 0.05) is 76.3 Å². The third-order valence-electron chi connectivity index (χ3n) is 17.7. The van der Waals surface area contributed by atoms with E-state index in [1.807, 2.05) is 73.6 Å². The minimum atomic E-state index is -0.976. The van der Waals surface area contributed by atoms with Gasteiger partial charge >= 0.3 is 12.1 Å². The molecule has 14 nitrogen and oxygen atoms in total. The Kier molecular flexibility index (Phi) is 19.0. The molecule has 2 saturated carbocycles. The number of aliphatic hydroxyl groups is 1. The van der Waals surface area contributed by atoms with Crippen molar-refractivity contribution >= 4 is 23.9 Å². The summed E-state index contributed by atoms with van der Waals surface area (Å²) in [6.07, 6.45) is 9.25. The normalized spacial score (nSPS) is 27.2. The first kappa shape index (κ1) is 59.6. The lowest BCUT2D eigenvalue weighted by Gasteiger charge is -2.43. The topological polar surface area (TPSA) is 159 Å². The lowest BCUT2D eigenvalue weighted by atomic mass is 9.84. The molecule has 13 unspecified atom stereocenters. The molecule has 2 aromatic rings. The number of carbonyl (C=O) groups excluding carboxylic acids is 4. The fraction of sp³-hybridized carbons (Fsp3) is 0.645. The number of amides is 3. The van der Waals surface area contributed by atoms with E-state index in [4.69, 9.17) is 18.9 Å². The number of hydrogen-bond acceptors (Lipinski definition) is 11.